The Kier molecular flexibility index (Phi) is 6.56. The van der Waals surface area contributed by atoms with Crippen LogP contribution in [0.5, 0.6) is 28.7 Å². The molecule has 1 saturated heterocycles. The topological polar surface area (TPSA) is 175 Å². The summed E-state index contributed by atoms with van der Waals surface area (Å²) in [5, 5.41) is 61.3. The molecule has 2 aromatic rings. The fourth-order valence-electron chi connectivity index (χ4n) is 4.39. The smallest absolute Gasteiger partial charge is 0.204 e. The highest BCUT2D eigenvalue weighted by Gasteiger charge is 2.48. The first-order valence-electron chi connectivity index (χ1n) is 10.5. The average molecular weight is 478 g/mol. The molecule has 0 bridgehead atoms. The number of Topliss-reactive ketones (excluding diaryl/α,β-unsaturated/α-hetero) is 1. The predicted molar refractivity (Wildman–Crippen MR) is 114 cm³/mol. The van der Waals surface area contributed by atoms with Crippen LogP contribution in [0.4, 0.5) is 0 Å². The van der Waals surface area contributed by atoms with E-state index in [0.717, 1.165) is 0 Å². The number of fused-ring (bicyclic) bond motifs is 1. The molecule has 34 heavy (non-hydrogen) atoms. The van der Waals surface area contributed by atoms with Gasteiger partial charge < -0.3 is 49.6 Å². The lowest BCUT2D eigenvalue weighted by molar-refractivity contribution is -0.232. The van der Waals surface area contributed by atoms with Crippen LogP contribution in [0.2, 0.25) is 0 Å². The molecule has 1 fully saturated rings. The summed E-state index contributed by atoms with van der Waals surface area (Å²) in [6.07, 6.45) is -8.66. The fraction of sp³-hybridized carbons (Fsp3) is 0.435. The van der Waals surface area contributed by atoms with Crippen molar-refractivity contribution in [3.05, 3.63) is 41.0 Å². The van der Waals surface area contributed by atoms with Crippen molar-refractivity contribution in [2.24, 2.45) is 0 Å². The van der Waals surface area contributed by atoms with Gasteiger partial charge >= 0.3 is 0 Å². The zero-order valence-corrected chi connectivity index (χ0v) is 18.4. The van der Waals surface area contributed by atoms with Crippen LogP contribution in [0.25, 0.3) is 0 Å². The number of aliphatic hydroxyl groups is 4. The summed E-state index contributed by atoms with van der Waals surface area (Å²) in [5.74, 6) is -1.50. The molecular weight excluding hydrogens is 452 g/mol. The zero-order chi connectivity index (χ0) is 24.7. The lowest BCUT2D eigenvalue weighted by Gasteiger charge is -2.41. The van der Waals surface area contributed by atoms with Gasteiger partial charge in [0.1, 0.15) is 53.7 Å². The third-order valence-electron chi connectivity index (χ3n) is 6.13. The highest BCUT2D eigenvalue weighted by molar-refractivity contribution is 6.04. The first-order chi connectivity index (χ1) is 16.2. The van der Waals surface area contributed by atoms with E-state index in [9.17, 15) is 35.4 Å². The van der Waals surface area contributed by atoms with E-state index in [1.807, 2.05) is 0 Å². The number of aromatic hydroxyl groups is 2. The maximum absolute atomic E-state index is 13.2. The molecule has 4 rings (SSSR count). The quantitative estimate of drug-likeness (QED) is 0.349. The number of ketones is 1. The highest BCUT2D eigenvalue weighted by Crippen LogP contribution is 2.55. The van der Waals surface area contributed by atoms with E-state index < -0.39 is 54.8 Å². The second-order valence-corrected chi connectivity index (χ2v) is 8.11. The monoisotopic (exact) mass is 478 g/mol. The molecule has 11 nitrogen and oxygen atoms in total. The minimum Gasteiger partial charge on any atom is -0.508 e. The number of carbonyl (C=O) groups excluding carboxylic acids is 1. The molecule has 0 aromatic heterocycles. The minimum atomic E-state index is -1.71. The SMILES string of the molecule is COc1c(O)c2c(c([C@@H]3O[C@H](CO)[C@@H](O)[C@H](O)[C@H]3O)c1OC)O[C@@H](c1ccc(O)cc1)CC2=O. The number of phenolic OH excluding ortho intramolecular Hbond substituents is 2. The van der Waals surface area contributed by atoms with Gasteiger partial charge in [-0.25, -0.2) is 0 Å². The molecule has 11 heteroatoms. The Morgan fingerprint density at radius 3 is 2.21 bits per heavy atom. The Labute approximate surface area is 194 Å². The Morgan fingerprint density at radius 1 is 0.971 bits per heavy atom. The van der Waals surface area contributed by atoms with Gasteiger partial charge in [0.15, 0.2) is 17.3 Å². The van der Waals surface area contributed by atoms with Crippen LogP contribution in [0.1, 0.15) is 40.1 Å². The van der Waals surface area contributed by atoms with E-state index in [1.54, 1.807) is 12.1 Å². The predicted octanol–water partition coefficient (Wildman–Crippen LogP) is 0.336. The summed E-state index contributed by atoms with van der Waals surface area (Å²) < 4.78 is 22.5. The molecule has 184 valence electrons. The van der Waals surface area contributed by atoms with E-state index in [4.69, 9.17) is 18.9 Å². The van der Waals surface area contributed by atoms with Gasteiger partial charge in [-0.2, -0.15) is 0 Å². The van der Waals surface area contributed by atoms with Crippen molar-refractivity contribution in [2.75, 3.05) is 20.8 Å². The summed E-state index contributed by atoms with van der Waals surface area (Å²) in [7, 11) is 2.51. The number of hydrogen-bond acceptors (Lipinski definition) is 11. The fourth-order valence-corrected chi connectivity index (χ4v) is 4.39. The largest absolute Gasteiger partial charge is 0.508 e. The molecule has 2 aliphatic rings. The molecular formula is C23H26O11. The molecule has 6 atom stereocenters. The molecule has 6 N–H and O–H groups in total. The average Bonchev–Trinajstić information content (AvgIpc) is 2.83. The van der Waals surface area contributed by atoms with Crippen LogP contribution in [-0.4, -0.2) is 81.7 Å². The van der Waals surface area contributed by atoms with Crippen molar-refractivity contribution in [2.45, 2.75) is 43.0 Å². The standard InChI is InChI=1S/C23H26O11/c1-31-22-15(21-19(30)18(29)16(27)13(8-24)34-21)20-14(17(28)23(22)32-2)11(26)7-12(33-20)9-3-5-10(25)6-4-9/h3-6,12-13,16,18-19,21,24-25,27-30H,7-8H2,1-2H3/t12-,13-,16-,18+,19-,21+/m1/s1. The Morgan fingerprint density at radius 2 is 1.62 bits per heavy atom. The van der Waals surface area contributed by atoms with Gasteiger partial charge in [-0.05, 0) is 17.7 Å². The van der Waals surface area contributed by atoms with Crippen molar-refractivity contribution >= 4 is 5.78 Å². The van der Waals surface area contributed by atoms with Crippen LogP contribution in [0.3, 0.4) is 0 Å². The maximum Gasteiger partial charge on any atom is 0.204 e. The van der Waals surface area contributed by atoms with E-state index in [0.29, 0.717) is 5.56 Å². The van der Waals surface area contributed by atoms with Gasteiger partial charge in [0.05, 0.1) is 32.8 Å². The maximum atomic E-state index is 13.2. The van der Waals surface area contributed by atoms with Gasteiger partial charge in [-0.15, -0.1) is 0 Å². The van der Waals surface area contributed by atoms with Gasteiger partial charge in [-0.3, -0.25) is 4.79 Å². The van der Waals surface area contributed by atoms with Crippen molar-refractivity contribution in [1.29, 1.82) is 0 Å². The van der Waals surface area contributed by atoms with Gasteiger partial charge in [-0.1, -0.05) is 12.1 Å². The molecule has 0 spiro atoms. The number of rotatable bonds is 5. The van der Waals surface area contributed by atoms with Crippen LogP contribution in [0.15, 0.2) is 24.3 Å². The number of ether oxygens (including phenoxy) is 4. The highest BCUT2D eigenvalue weighted by atomic mass is 16.6. The van der Waals surface area contributed by atoms with E-state index in [2.05, 4.69) is 0 Å². The molecule has 0 radical (unpaired) electrons. The lowest BCUT2D eigenvalue weighted by Crippen LogP contribution is -2.55. The normalized spacial score (nSPS) is 28.7. The molecule has 2 aliphatic heterocycles. The van der Waals surface area contributed by atoms with Gasteiger partial charge in [0, 0.05) is 0 Å². The Hall–Kier alpha value is -3.09. The summed E-state index contributed by atoms with van der Waals surface area (Å²) >= 11 is 0. The zero-order valence-electron chi connectivity index (χ0n) is 18.4. The third kappa shape index (κ3) is 3.81. The number of methoxy groups -OCH3 is 2. The van der Waals surface area contributed by atoms with E-state index >= 15 is 0 Å². The summed E-state index contributed by atoms with van der Waals surface area (Å²) in [6, 6.07) is 6.02. The summed E-state index contributed by atoms with van der Waals surface area (Å²) in [5.41, 5.74) is 0.298. The van der Waals surface area contributed by atoms with E-state index in [1.165, 1.54) is 26.4 Å². The Balaban J connectivity index is 1.92. The van der Waals surface area contributed by atoms with Crippen molar-refractivity contribution in [3.8, 4) is 28.7 Å². The molecule has 0 saturated carbocycles. The second kappa shape index (κ2) is 9.28. The Bertz CT molecular complexity index is 1070. The number of hydrogen-bond donors (Lipinski definition) is 6. The van der Waals surface area contributed by atoms with Gasteiger partial charge in [0.2, 0.25) is 5.75 Å². The molecule has 2 heterocycles. The van der Waals surface area contributed by atoms with Crippen LogP contribution in [0, 0.1) is 0 Å². The van der Waals surface area contributed by atoms with Crippen LogP contribution >= 0.6 is 0 Å². The molecule has 0 aliphatic carbocycles. The van der Waals surface area contributed by atoms with Crippen molar-refractivity contribution in [1.82, 2.24) is 0 Å². The number of aliphatic hydroxyl groups excluding tert-OH is 4. The second-order valence-electron chi connectivity index (χ2n) is 8.11. The van der Waals surface area contributed by atoms with Crippen LogP contribution < -0.4 is 14.2 Å². The first-order valence-corrected chi connectivity index (χ1v) is 10.5. The van der Waals surface area contributed by atoms with Gasteiger partial charge in [0.25, 0.3) is 0 Å². The third-order valence-corrected chi connectivity index (χ3v) is 6.13. The van der Waals surface area contributed by atoms with Crippen molar-refractivity contribution < 1.29 is 54.4 Å². The summed E-state index contributed by atoms with van der Waals surface area (Å²) in [4.78, 5) is 13.2. The molecule has 0 unspecified atom stereocenters. The number of benzene rings is 2. The lowest BCUT2D eigenvalue weighted by atomic mass is 9.86. The molecule has 0 amide bonds. The van der Waals surface area contributed by atoms with E-state index in [-0.39, 0.29) is 40.5 Å². The number of carbonyl (C=O) groups is 1. The van der Waals surface area contributed by atoms with Crippen LogP contribution in [-0.2, 0) is 4.74 Å². The first kappa shape index (κ1) is 24.0. The van der Waals surface area contributed by atoms with Crippen molar-refractivity contribution in [3.63, 3.8) is 0 Å². The minimum absolute atomic E-state index is 0.0253. The molecule has 2 aromatic carbocycles. The summed E-state index contributed by atoms with van der Waals surface area (Å²) in [6.45, 7) is -0.670. The number of phenols is 2.